The lowest BCUT2D eigenvalue weighted by molar-refractivity contribution is 0.0999. The fourth-order valence-electron chi connectivity index (χ4n) is 1.48. The van der Waals surface area contributed by atoms with E-state index >= 15 is 0 Å². The molecule has 94 valence electrons. The largest absolute Gasteiger partial charge is 0.396 e. The molecule has 0 fully saturated rings. The molecule has 0 saturated heterocycles. The minimum atomic E-state index is -0.424. The summed E-state index contributed by atoms with van der Waals surface area (Å²) in [4.78, 5) is 11.2. The van der Waals surface area contributed by atoms with Gasteiger partial charge in [0.05, 0.1) is 0 Å². The van der Waals surface area contributed by atoms with Crippen molar-refractivity contribution in [3.63, 3.8) is 0 Å². The molecule has 0 aliphatic carbocycles. The van der Waals surface area contributed by atoms with Gasteiger partial charge in [-0.05, 0) is 24.6 Å². The molecule has 0 aromatic heterocycles. The second-order valence-corrected chi connectivity index (χ2v) is 5.02. The molecular weight excluding hydrogens is 216 g/mol. The molecule has 0 bridgehead atoms. The van der Waals surface area contributed by atoms with Crippen LogP contribution in [0.15, 0.2) is 18.2 Å². The maximum absolute atomic E-state index is 11.2. The summed E-state index contributed by atoms with van der Waals surface area (Å²) in [5, 5.41) is 12.4. The van der Waals surface area contributed by atoms with Gasteiger partial charge in [0, 0.05) is 29.8 Å². The van der Waals surface area contributed by atoms with Gasteiger partial charge in [0.2, 0.25) is 5.91 Å². The van der Waals surface area contributed by atoms with Gasteiger partial charge in [-0.25, -0.2) is 0 Å². The van der Waals surface area contributed by atoms with E-state index in [9.17, 15) is 9.90 Å². The van der Waals surface area contributed by atoms with Crippen LogP contribution in [-0.4, -0.2) is 24.2 Å². The third kappa shape index (κ3) is 3.46. The second-order valence-electron chi connectivity index (χ2n) is 5.02. The third-order valence-electron chi connectivity index (χ3n) is 2.78. The number of amides is 1. The number of aliphatic hydroxyl groups excluding tert-OH is 1. The van der Waals surface area contributed by atoms with Crippen molar-refractivity contribution < 1.29 is 9.90 Å². The van der Waals surface area contributed by atoms with Crippen LogP contribution in [0, 0.1) is 12.3 Å². The Kier molecular flexibility index (Phi) is 4.12. The van der Waals surface area contributed by atoms with Crippen LogP contribution in [0.1, 0.15) is 29.8 Å². The summed E-state index contributed by atoms with van der Waals surface area (Å²) in [6.45, 7) is 6.52. The fourth-order valence-corrected chi connectivity index (χ4v) is 1.48. The van der Waals surface area contributed by atoms with E-state index in [2.05, 4.69) is 5.32 Å². The number of aliphatic hydroxyl groups is 1. The van der Waals surface area contributed by atoms with Gasteiger partial charge in [-0.15, -0.1) is 0 Å². The predicted octanol–water partition coefficient (Wildman–Crippen LogP) is 1.52. The number of primary amides is 1. The molecule has 0 spiro atoms. The minimum Gasteiger partial charge on any atom is -0.396 e. The van der Waals surface area contributed by atoms with Gasteiger partial charge in [0.1, 0.15) is 0 Å². The first-order valence-corrected chi connectivity index (χ1v) is 5.61. The molecule has 0 aliphatic heterocycles. The van der Waals surface area contributed by atoms with E-state index in [1.165, 1.54) is 0 Å². The average molecular weight is 236 g/mol. The zero-order chi connectivity index (χ0) is 13.1. The number of nitrogens with one attached hydrogen (secondary N) is 1. The van der Waals surface area contributed by atoms with Gasteiger partial charge in [-0.3, -0.25) is 4.79 Å². The Morgan fingerprint density at radius 3 is 2.65 bits per heavy atom. The van der Waals surface area contributed by atoms with Crippen molar-refractivity contribution in [2.75, 3.05) is 18.5 Å². The Bertz CT molecular complexity index is 414. The van der Waals surface area contributed by atoms with E-state index in [0.717, 1.165) is 11.3 Å². The molecule has 4 heteroatoms. The average Bonchev–Trinajstić information content (AvgIpc) is 2.27. The fraction of sp³-hybridized carbons (Fsp3) is 0.462. The summed E-state index contributed by atoms with van der Waals surface area (Å²) in [5.74, 6) is -0.424. The lowest BCUT2D eigenvalue weighted by Gasteiger charge is -2.23. The molecule has 0 saturated carbocycles. The summed E-state index contributed by atoms with van der Waals surface area (Å²) < 4.78 is 0. The summed E-state index contributed by atoms with van der Waals surface area (Å²) in [6.07, 6.45) is 0. The second kappa shape index (κ2) is 5.19. The highest BCUT2D eigenvalue weighted by Crippen LogP contribution is 2.21. The van der Waals surface area contributed by atoms with Crippen LogP contribution in [0.3, 0.4) is 0 Å². The Morgan fingerprint density at radius 2 is 2.12 bits per heavy atom. The summed E-state index contributed by atoms with van der Waals surface area (Å²) in [5.41, 5.74) is 7.33. The monoisotopic (exact) mass is 236 g/mol. The highest BCUT2D eigenvalue weighted by atomic mass is 16.3. The van der Waals surface area contributed by atoms with Crippen molar-refractivity contribution in [2.24, 2.45) is 11.1 Å². The molecule has 1 rings (SSSR count). The van der Waals surface area contributed by atoms with Gasteiger partial charge in [-0.1, -0.05) is 19.9 Å². The number of rotatable bonds is 5. The lowest BCUT2D eigenvalue weighted by atomic mass is 9.94. The maximum Gasteiger partial charge on any atom is 0.249 e. The zero-order valence-corrected chi connectivity index (χ0v) is 10.6. The van der Waals surface area contributed by atoms with Crippen molar-refractivity contribution in [1.29, 1.82) is 0 Å². The van der Waals surface area contributed by atoms with Crippen molar-refractivity contribution in [2.45, 2.75) is 20.8 Å². The van der Waals surface area contributed by atoms with E-state index in [0.29, 0.717) is 12.1 Å². The maximum atomic E-state index is 11.2. The van der Waals surface area contributed by atoms with Gasteiger partial charge in [0.15, 0.2) is 0 Å². The SMILES string of the molecule is Cc1c(NCC(C)(C)CO)cccc1C(N)=O. The molecule has 0 atom stereocenters. The summed E-state index contributed by atoms with van der Waals surface area (Å²) >= 11 is 0. The van der Waals surface area contributed by atoms with Crippen LogP contribution < -0.4 is 11.1 Å². The molecule has 4 nitrogen and oxygen atoms in total. The number of benzene rings is 1. The van der Waals surface area contributed by atoms with Gasteiger partial charge < -0.3 is 16.2 Å². The van der Waals surface area contributed by atoms with Crippen molar-refractivity contribution in [3.8, 4) is 0 Å². The summed E-state index contributed by atoms with van der Waals surface area (Å²) in [7, 11) is 0. The normalized spacial score (nSPS) is 11.3. The van der Waals surface area contributed by atoms with Crippen LogP contribution >= 0.6 is 0 Å². The zero-order valence-electron chi connectivity index (χ0n) is 10.6. The number of carbonyl (C=O) groups excluding carboxylic acids is 1. The molecule has 0 radical (unpaired) electrons. The first-order valence-electron chi connectivity index (χ1n) is 5.61. The first kappa shape index (κ1) is 13.5. The lowest BCUT2D eigenvalue weighted by Crippen LogP contribution is -2.27. The molecule has 1 amide bonds. The number of hydrogen-bond donors (Lipinski definition) is 3. The Balaban J connectivity index is 2.86. The van der Waals surface area contributed by atoms with E-state index in [1.54, 1.807) is 12.1 Å². The Hall–Kier alpha value is -1.55. The van der Waals surface area contributed by atoms with Crippen LogP contribution in [-0.2, 0) is 0 Å². The van der Waals surface area contributed by atoms with E-state index < -0.39 is 5.91 Å². The molecule has 4 N–H and O–H groups in total. The van der Waals surface area contributed by atoms with Crippen LogP contribution in [0.25, 0.3) is 0 Å². The molecular formula is C13H20N2O2. The van der Waals surface area contributed by atoms with Gasteiger partial charge in [0.25, 0.3) is 0 Å². The Labute approximate surface area is 102 Å². The van der Waals surface area contributed by atoms with Crippen molar-refractivity contribution >= 4 is 11.6 Å². The molecule has 0 heterocycles. The molecule has 0 aliphatic rings. The molecule has 17 heavy (non-hydrogen) atoms. The summed E-state index contributed by atoms with van der Waals surface area (Å²) in [6, 6.07) is 5.40. The van der Waals surface area contributed by atoms with Crippen molar-refractivity contribution in [1.82, 2.24) is 0 Å². The number of hydrogen-bond acceptors (Lipinski definition) is 3. The first-order chi connectivity index (χ1) is 7.87. The standard InChI is InChI=1S/C13H20N2O2/c1-9-10(12(14)17)5-4-6-11(9)15-7-13(2,3)8-16/h4-6,15-16H,7-8H2,1-3H3,(H2,14,17). The number of nitrogens with two attached hydrogens (primary N) is 1. The Morgan fingerprint density at radius 1 is 1.47 bits per heavy atom. The molecule has 0 unspecified atom stereocenters. The van der Waals surface area contributed by atoms with E-state index in [1.807, 2.05) is 26.8 Å². The minimum absolute atomic E-state index is 0.106. The quantitative estimate of drug-likeness (QED) is 0.725. The van der Waals surface area contributed by atoms with Gasteiger partial charge in [-0.2, -0.15) is 0 Å². The van der Waals surface area contributed by atoms with Crippen LogP contribution in [0.2, 0.25) is 0 Å². The third-order valence-corrected chi connectivity index (χ3v) is 2.78. The van der Waals surface area contributed by atoms with E-state index in [4.69, 9.17) is 5.73 Å². The smallest absolute Gasteiger partial charge is 0.249 e. The predicted molar refractivity (Wildman–Crippen MR) is 69.1 cm³/mol. The highest BCUT2D eigenvalue weighted by Gasteiger charge is 2.17. The molecule has 1 aromatic carbocycles. The van der Waals surface area contributed by atoms with Crippen molar-refractivity contribution in [3.05, 3.63) is 29.3 Å². The van der Waals surface area contributed by atoms with Crippen LogP contribution in [0.4, 0.5) is 5.69 Å². The van der Waals surface area contributed by atoms with Gasteiger partial charge >= 0.3 is 0 Å². The topological polar surface area (TPSA) is 75.3 Å². The van der Waals surface area contributed by atoms with E-state index in [-0.39, 0.29) is 12.0 Å². The van der Waals surface area contributed by atoms with Crippen LogP contribution in [0.5, 0.6) is 0 Å². The highest BCUT2D eigenvalue weighted by molar-refractivity contribution is 5.95. The molecule has 1 aromatic rings. The number of anilines is 1. The number of carbonyl (C=O) groups is 1.